The van der Waals surface area contributed by atoms with Crippen LogP contribution in [-0.4, -0.2) is 72.1 Å². The first kappa shape index (κ1) is 33.0. The van der Waals surface area contributed by atoms with E-state index < -0.39 is 41.6 Å². The zero-order chi connectivity index (χ0) is 32.2. The summed E-state index contributed by atoms with van der Waals surface area (Å²) in [5.41, 5.74) is 6.88. The van der Waals surface area contributed by atoms with Crippen molar-refractivity contribution in [3.8, 4) is 0 Å². The molecule has 2 aromatic rings. The molecule has 0 unspecified atom stereocenters. The van der Waals surface area contributed by atoms with Gasteiger partial charge in [-0.2, -0.15) is 0 Å². The van der Waals surface area contributed by atoms with E-state index in [1.54, 1.807) is 36.4 Å². The van der Waals surface area contributed by atoms with Crippen LogP contribution in [-0.2, 0) is 48.2 Å². The summed E-state index contributed by atoms with van der Waals surface area (Å²) in [5, 5.41) is 11.1. The molecule has 2 aliphatic rings. The highest BCUT2D eigenvalue weighted by molar-refractivity contribution is 5.97. The number of carbonyl (C=O) groups excluding carboxylic acids is 6. The molecule has 1 aromatic heterocycles. The average Bonchev–Trinajstić information content (AvgIpc) is 3.54. The molecule has 0 radical (unpaired) electrons. The van der Waals surface area contributed by atoms with Gasteiger partial charge in [0.25, 0.3) is 0 Å². The van der Waals surface area contributed by atoms with Crippen molar-refractivity contribution in [1.82, 2.24) is 26.2 Å². The largest absolute Gasteiger partial charge is 0.469 e. The quantitative estimate of drug-likeness (QED) is 0.324. The number of carbonyl (C=O) groups is 6. The van der Waals surface area contributed by atoms with Crippen molar-refractivity contribution in [2.45, 2.75) is 63.6 Å². The molecule has 0 saturated carbocycles. The van der Waals surface area contributed by atoms with Gasteiger partial charge in [-0.05, 0) is 55.4 Å². The minimum absolute atomic E-state index is 0.0400. The fraction of sp³-hybridized carbons (Fsp3) is 0.438. The Hall–Kier alpha value is -4.94. The SMILES string of the molecule is NC(=O)[C@@H]1CCCCNC(=O)/C=C/C(=O)N2CCC[C@H](C2)C(=O)N[C@@H](Cc2ccco2)C(=O)NCc2ccccc2CC(=O)N1. The standard InChI is InChI=1S/C32H40N6O7/c33-30(42)25-11-3-4-14-34-27(39)12-13-29(41)38-15-5-9-23(20-38)31(43)37-26(18-24-10-6-16-45-24)32(44)35-19-22-8-2-1-7-21(22)17-28(40)36-25/h1-2,6-8,10,12-13,16,23,25-26H,3-5,9,11,14-15,17-20H2,(H2,33,42)(H,34,39)(H,35,44)(H,36,40)(H,37,43)/b13-12+/t23-,25+,26+/m1/s1. The number of primary amides is 1. The Bertz CT molecular complexity index is 1410. The zero-order valence-electron chi connectivity index (χ0n) is 25.1. The Labute approximate surface area is 261 Å². The van der Waals surface area contributed by atoms with Gasteiger partial charge >= 0.3 is 0 Å². The number of hydrogen-bond acceptors (Lipinski definition) is 7. The maximum Gasteiger partial charge on any atom is 0.246 e. The Balaban J connectivity index is 1.54. The summed E-state index contributed by atoms with van der Waals surface area (Å²) in [6.07, 6.45) is 6.35. The van der Waals surface area contributed by atoms with Gasteiger partial charge in [0.05, 0.1) is 18.6 Å². The van der Waals surface area contributed by atoms with E-state index in [2.05, 4.69) is 21.3 Å². The maximum atomic E-state index is 13.4. The molecule has 6 amide bonds. The van der Waals surface area contributed by atoms with Crippen LogP contribution in [0.5, 0.6) is 0 Å². The lowest BCUT2D eigenvalue weighted by Gasteiger charge is -2.32. The molecule has 0 spiro atoms. The third kappa shape index (κ3) is 10.1. The van der Waals surface area contributed by atoms with Crippen LogP contribution in [0.2, 0.25) is 0 Å². The highest BCUT2D eigenvalue weighted by Crippen LogP contribution is 2.18. The first-order valence-corrected chi connectivity index (χ1v) is 15.2. The molecule has 1 aromatic carbocycles. The van der Waals surface area contributed by atoms with E-state index in [0.29, 0.717) is 62.1 Å². The number of nitrogens with zero attached hydrogens (tertiary/aromatic N) is 1. The summed E-state index contributed by atoms with van der Waals surface area (Å²) in [7, 11) is 0. The number of benzene rings is 1. The lowest BCUT2D eigenvalue weighted by Crippen LogP contribution is -2.52. The summed E-state index contributed by atoms with van der Waals surface area (Å²) in [6.45, 7) is 1.00. The zero-order valence-corrected chi connectivity index (χ0v) is 25.1. The summed E-state index contributed by atoms with van der Waals surface area (Å²) < 4.78 is 5.44. The molecule has 3 atom stereocenters. The molecule has 3 heterocycles. The molecule has 240 valence electrons. The second-order valence-corrected chi connectivity index (χ2v) is 11.3. The van der Waals surface area contributed by atoms with E-state index in [-0.39, 0.29) is 37.7 Å². The molecule has 4 rings (SSSR count). The number of piperidine rings is 1. The summed E-state index contributed by atoms with van der Waals surface area (Å²) in [4.78, 5) is 78.3. The van der Waals surface area contributed by atoms with Crippen molar-refractivity contribution >= 4 is 35.4 Å². The van der Waals surface area contributed by atoms with Crippen molar-refractivity contribution in [2.24, 2.45) is 11.7 Å². The van der Waals surface area contributed by atoms with E-state index in [1.165, 1.54) is 17.2 Å². The van der Waals surface area contributed by atoms with Crippen molar-refractivity contribution in [3.63, 3.8) is 0 Å². The molecular formula is C32H40N6O7. The summed E-state index contributed by atoms with van der Waals surface area (Å²) in [6, 6.07) is 8.67. The molecular weight excluding hydrogens is 580 g/mol. The van der Waals surface area contributed by atoms with Gasteiger partial charge in [-0.3, -0.25) is 28.8 Å². The first-order chi connectivity index (χ1) is 21.7. The van der Waals surface area contributed by atoms with Gasteiger partial charge < -0.3 is 36.3 Å². The second-order valence-electron chi connectivity index (χ2n) is 11.3. The third-order valence-corrected chi connectivity index (χ3v) is 7.92. The number of rotatable bonds is 3. The third-order valence-electron chi connectivity index (χ3n) is 7.92. The molecule has 45 heavy (non-hydrogen) atoms. The minimum Gasteiger partial charge on any atom is -0.469 e. The molecule has 1 fully saturated rings. The molecule has 0 aliphatic carbocycles. The number of nitrogens with two attached hydrogens (primary N) is 1. The molecule has 2 aliphatic heterocycles. The fourth-order valence-electron chi connectivity index (χ4n) is 5.43. The monoisotopic (exact) mass is 620 g/mol. The van der Waals surface area contributed by atoms with Crippen molar-refractivity contribution in [1.29, 1.82) is 0 Å². The summed E-state index contributed by atoms with van der Waals surface area (Å²) in [5.74, 6) is -2.74. The number of fused-ring (bicyclic) bond motifs is 3. The van der Waals surface area contributed by atoms with Gasteiger partial charge in [0.2, 0.25) is 35.4 Å². The molecule has 2 bridgehead atoms. The maximum absolute atomic E-state index is 13.4. The number of amides is 6. The van der Waals surface area contributed by atoms with Crippen LogP contribution in [0.3, 0.4) is 0 Å². The minimum atomic E-state index is -0.962. The Morgan fingerprint density at radius 1 is 0.889 bits per heavy atom. The predicted molar refractivity (Wildman–Crippen MR) is 163 cm³/mol. The van der Waals surface area contributed by atoms with Crippen LogP contribution < -0.4 is 27.0 Å². The fourth-order valence-corrected chi connectivity index (χ4v) is 5.43. The van der Waals surface area contributed by atoms with E-state index in [9.17, 15) is 28.8 Å². The van der Waals surface area contributed by atoms with Gasteiger partial charge in [0.1, 0.15) is 17.8 Å². The Morgan fingerprint density at radius 3 is 2.44 bits per heavy atom. The Kier molecular flexibility index (Phi) is 11.9. The average molecular weight is 621 g/mol. The lowest BCUT2D eigenvalue weighted by atomic mass is 9.96. The van der Waals surface area contributed by atoms with E-state index in [4.69, 9.17) is 10.2 Å². The van der Waals surface area contributed by atoms with E-state index in [0.717, 1.165) is 6.08 Å². The van der Waals surface area contributed by atoms with Crippen LogP contribution in [0.15, 0.2) is 59.2 Å². The van der Waals surface area contributed by atoms with Crippen LogP contribution in [0.25, 0.3) is 0 Å². The van der Waals surface area contributed by atoms with E-state index >= 15 is 0 Å². The summed E-state index contributed by atoms with van der Waals surface area (Å²) >= 11 is 0. The van der Waals surface area contributed by atoms with Crippen LogP contribution in [0.4, 0.5) is 0 Å². The lowest BCUT2D eigenvalue weighted by molar-refractivity contribution is -0.135. The number of furan rings is 1. The van der Waals surface area contributed by atoms with Crippen molar-refractivity contribution in [2.75, 3.05) is 19.6 Å². The smallest absolute Gasteiger partial charge is 0.246 e. The van der Waals surface area contributed by atoms with Gasteiger partial charge in [-0.25, -0.2) is 0 Å². The van der Waals surface area contributed by atoms with Crippen LogP contribution >= 0.6 is 0 Å². The predicted octanol–water partition coefficient (Wildman–Crippen LogP) is 0.231. The van der Waals surface area contributed by atoms with E-state index in [1.807, 2.05) is 0 Å². The second kappa shape index (κ2) is 16.2. The van der Waals surface area contributed by atoms with Crippen LogP contribution in [0.1, 0.15) is 49.0 Å². The number of nitrogens with one attached hydrogen (secondary N) is 4. The number of hydrogen-bond donors (Lipinski definition) is 5. The highest BCUT2D eigenvalue weighted by atomic mass is 16.3. The van der Waals surface area contributed by atoms with Gasteiger partial charge in [0.15, 0.2) is 0 Å². The van der Waals surface area contributed by atoms with Crippen molar-refractivity contribution in [3.05, 3.63) is 71.7 Å². The van der Waals surface area contributed by atoms with Crippen LogP contribution in [0, 0.1) is 5.92 Å². The molecule has 1 saturated heterocycles. The van der Waals surface area contributed by atoms with Crippen molar-refractivity contribution < 1.29 is 33.2 Å². The van der Waals surface area contributed by atoms with Gasteiger partial charge in [0, 0.05) is 44.8 Å². The topological polar surface area (TPSA) is 193 Å². The van der Waals surface area contributed by atoms with Gasteiger partial charge in [-0.15, -0.1) is 0 Å². The normalized spacial score (nSPS) is 23.8. The highest BCUT2D eigenvalue weighted by Gasteiger charge is 2.31. The Morgan fingerprint density at radius 2 is 1.69 bits per heavy atom. The molecule has 13 heteroatoms. The van der Waals surface area contributed by atoms with Gasteiger partial charge in [-0.1, -0.05) is 24.3 Å². The first-order valence-electron chi connectivity index (χ1n) is 15.2. The molecule has 13 nitrogen and oxygen atoms in total. The molecule has 6 N–H and O–H groups in total.